The fourth-order valence-corrected chi connectivity index (χ4v) is 4.20. The highest BCUT2D eigenvalue weighted by Gasteiger charge is 2.31. The van der Waals surface area contributed by atoms with Gasteiger partial charge in [-0.15, -0.1) is 0 Å². The molecule has 0 spiro atoms. The summed E-state index contributed by atoms with van der Waals surface area (Å²) in [5, 5.41) is 13.8. The number of benzene rings is 3. The van der Waals surface area contributed by atoms with E-state index in [1.165, 1.54) is 12.1 Å². The number of alkyl halides is 3. The van der Waals surface area contributed by atoms with Gasteiger partial charge in [0.15, 0.2) is 0 Å². The summed E-state index contributed by atoms with van der Waals surface area (Å²) in [6.45, 7) is 2.47. The lowest BCUT2D eigenvalue weighted by molar-refractivity contribution is -0.137. The largest absolute Gasteiger partial charge is 0.508 e. The van der Waals surface area contributed by atoms with Crippen LogP contribution in [0.2, 0.25) is 0 Å². The molecule has 0 saturated carbocycles. The summed E-state index contributed by atoms with van der Waals surface area (Å²) in [6.07, 6.45) is -4.49. The molecule has 172 valence electrons. The predicted molar refractivity (Wildman–Crippen MR) is 125 cm³/mol. The number of nitrogens with zero attached hydrogens (tertiary/aromatic N) is 1. The van der Waals surface area contributed by atoms with Crippen LogP contribution < -0.4 is 10.1 Å². The molecule has 4 rings (SSSR count). The fraction of sp³-hybridized carbons (Fsp3) is 0.240. The molecule has 3 aromatic rings. The summed E-state index contributed by atoms with van der Waals surface area (Å²) in [5.41, 5.74) is 2.24. The minimum atomic E-state index is -4.40. The molecule has 0 aliphatic carbocycles. The molecule has 0 fully saturated rings. The maximum Gasteiger partial charge on any atom is 0.416 e. The predicted octanol–water partition coefficient (Wildman–Crippen LogP) is 6.79. The van der Waals surface area contributed by atoms with Crippen LogP contribution in [0.3, 0.4) is 0 Å². The molecule has 2 N–H and O–H groups in total. The first-order valence-electron chi connectivity index (χ1n) is 10.5. The third-order valence-electron chi connectivity index (χ3n) is 5.46. The third-order valence-corrected chi connectivity index (χ3v) is 5.95. The van der Waals surface area contributed by atoms with Gasteiger partial charge in [-0.2, -0.15) is 13.2 Å². The van der Waals surface area contributed by atoms with Crippen LogP contribution in [0.25, 0.3) is 0 Å². The molecule has 4 nitrogen and oxygen atoms in total. The molecular formula is C25H22BrF3N2O2. The van der Waals surface area contributed by atoms with Crippen molar-refractivity contribution in [3.8, 4) is 11.5 Å². The lowest BCUT2D eigenvalue weighted by atomic mass is 9.93. The van der Waals surface area contributed by atoms with E-state index in [2.05, 4.69) is 21.2 Å². The SMILES string of the molecule is CCOc1ccc(C2=N[C@@H](c3ccc(C(F)(F)F)cc3)N[C@H](c3cc(Br)ccc3O)C2)cc1. The van der Waals surface area contributed by atoms with Crippen molar-refractivity contribution < 1.29 is 23.0 Å². The van der Waals surface area contributed by atoms with Crippen molar-refractivity contribution in [2.75, 3.05) is 6.61 Å². The number of phenolic OH excluding ortho intramolecular Hbond substituents is 1. The number of phenols is 1. The van der Waals surface area contributed by atoms with Crippen LogP contribution in [0.15, 0.2) is 76.2 Å². The molecule has 1 heterocycles. The Morgan fingerprint density at radius 2 is 1.76 bits per heavy atom. The summed E-state index contributed by atoms with van der Waals surface area (Å²) in [4.78, 5) is 4.81. The van der Waals surface area contributed by atoms with E-state index in [-0.39, 0.29) is 11.8 Å². The molecule has 3 aromatic carbocycles. The Morgan fingerprint density at radius 1 is 1.06 bits per heavy atom. The number of aliphatic imine (C=N–C) groups is 1. The van der Waals surface area contributed by atoms with Crippen LogP contribution in [-0.2, 0) is 6.18 Å². The van der Waals surface area contributed by atoms with Gasteiger partial charge in [0.25, 0.3) is 0 Å². The van der Waals surface area contributed by atoms with Crippen LogP contribution >= 0.6 is 15.9 Å². The van der Waals surface area contributed by atoms with Gasteiger partial charge in [0, 0.05) is 28.2 Å². The zero-order valence-corrected chi connectivity index (χ0v) is 19.3. The summed E-state index contributed by atoms with van der Waals surface area (Å²) >= 11 is 3.44. The number of hydrogen-bond acceptors (Lipinski definition) is 4. The lowest BCUT2D eigenvalue weighted by Crippen LogP contribution is -2.33. The first-order valence-corrected chi connectivity index (χ1v) is 11.3. The Morgan fingerprint density at radius 3 is 2.39 bits per heavy atom. The lowest BCUT2D eigenvalue weighted by Gasteiger charge is -2.31. The summed E-state index contributed by atoms with van der Waals surface area (Å²) in [6, 6.07) is 17.4. The smallest absolute Gasteiger partial charge is 0.416 e. The second-order valence-corrected chi connectivity index (χ2v) is 8.60. The molecule has 0 saturated heterocycles. The highest BCUT2D eigenvalue weighted by atomic mass is 79.9. The van der Waals surface area contributed by atoms with Crippen LogP contribution in [0, 0.1) is 0 Å². The first kappa shape index (κ1) is 23.3. The molecule has 0 radical (unpaired) electrons. The number of ether oxygens (including phenoxy) is 1. The van der Waals surface area contributed by atoms with Crippen molar-refractivity contribution >= 4 is 21.6 Å². The Kier molecular flexibility index (Phi) is 6.76. The number of halogens is 4. The Labute approximate surface area is 198 Å². The van der Waals surface area contributed by atoms with Gasteiger partial charge < -0.3 is 9.84 Å². The van der Waals surface area contributed by atoms with Gasteiger partial charge in [-0.05, 0) is 72.6 Å². The molecule has 8 heteroatoms. The number of hydrogen-bond donors (Lipinski definition) is 2. The van der Waals surface area contributed by atoms with Crippen molar-refractivity contribution in [1.82, 2.24) is 5.32 Å². The van der Waals surface area contributed by atoms with Crippen LogP contribution in [0.5, 0.6) is 11.5 Å². The van der Waals surface area contributed by atoms with Gasteiger partial charge >= 0.3 is 6.18 Å². The molecule has 0 amide bonds. The summed E-state index contributed by atoms with van der Waals surface area (Å²) < 4.78 is 45.4. The topological polar surface area (TPSA) is 53.8 Å². The number of nitrogens with one attached hydrogen (secondary N) is 1. The van der Waals surface area contributed by atoms with Crippen molar-refractivity contribution in [2.24, 2.45) is 4.99 Å². The third kappa shape index (κ3) is 5.39. The first-order chi connectivity index (χ1) is 15.7. The minimum absolute atomic E-state index is 0.134. The Hall–Kier alpha value is -2.84. The molecule has 0 unspecified atom stereocenters. The zero-order chi connectivity index (χ0) is 23.6. The van der Waals surface area contributed by atoms with Crippen LogP contribution in [0.1, 0.15) is 47.8 Å². The van der Waals surface area contributed by atoms with E-state index in [0.717, 1.165) is 33.6 Å². The van der Waals surface area contributed by atoms with E-state index in [1.807, 2.05) is 37.3 Å². The van der Waals surface area contributed by atoms with Gasteiger partial charge in [0.1, 0.15) is 17.7 Å². The highest BCUT2D eigenvalue weighted by molar-refractivity contribution is 9.10. The van der Waals surface area contributed by atoms with Gasteiger partial charge in [-0.25, -0.2) is 0 Å². The number of aromatic hydroxyl groups is 1. The molecule has 1 aliphatic rings. The van der Waals surface area contributed by atoms with E-state index in [1.54, 1.807) is 12.1 Å². The second kappa shape index (κ2) is 9.57. The van der Waals surface area contributed by atoms with Crippen molar-refractivity contribution in [3.63, 3.8) is 0 Å². The normalized spacial score (nSPS) is 18.6. The molecule has 33 heavy (non-hydrogen) atoms. The fourth-order valence-electron chi connectivity index (χ4n) is 3.82. The quantitative estimate of drug-likeness (QED) is 0.390. The van der Waals surface area contributed by atoms with Crippen LogP contribution in [-0.4, -0.2) is 17.4 Å². The minimum Gasteiger partial charge on any atom is -0.508 e. The Bertz CT molecular complexity index is 1150. The maximum absolute atomic E-state index is 13.0. The molecular weight excluding hydrogens is 497 g/mol. The average Bonchev–Trinajstić information content (AvgIpc) is 2.80. The van der Waals surface area contributed by atoms with Gasteiger partial charge in [0.2, 0.25) is 0 Å². The molecule has 1 aliphatic heterocycles. The Balaban J connectivity index is 1.72. The van der Waals surface area contributed by atoms with E-state index in [9.17, 15) is 18.3 Å². The van der Waals surface area contributed by atoms with Crippen LogP contribution in [0.4, 0.5) is 13.2 Å². The van der Waals surface area contributed by atoms with Gasteiger partial charge in [-0.3, -0.25) is 10.3 Å². The second-order valence-electron chi connectivity index (χ2n) is 7.68. The van der Waals surface area contributed by atoms with Crippen molar-refractivity contribution in [1.29, 1.82) is 0 Å². The summed E-state index contributed by atoms with van der Waals surface area (Å²) in [5.74, 6) is 0.881. The monoisotopic (exact) mass is 518 g/mol. The summed E-state index contributed by atoms with van der Waals surface area (Å²) in [7, 11) is 0. The van der Waals surface area contributed by atoms with Crippen molar-refractivity contribution in [3.05, 3.63) is 93.5 Å². The van der Waals surface area contributed by atoms with E-state index in [4.69, 9.17) is 9.73 Å². The van der Waals surface area contributed by atoms with Gasteiger partial charge in [0.05, 0.1) is 12.2 Å². The molecule has 0 aromatic heterocycles. The van der Waals surface area contributed by atoms with Gasteiger partial charge in [-0.1, -0.05) is 28.1 Å². The molecule has 0 bridgehead atoms. The standard InChI is InChI=1S/C25H22BrF3N2O2/c1-2-33-19-10-5-15(6-11-19)21-14-22(20-13-18(26)9-12-23(20)32)31-24(30-21)16-3-7-17(8-4-16)25(27,28)29/h3-13,22,24,31-32H,2,14H2,1H3/t22-,24+/m0/s1. The zero-order valence-electron chi connectivity index (χ0n) is 17.7. The number of rotatable bonds is 5. The highest BCUT2D eigenvalue weighted by Crippen LogP contribution is 2.37. The molecule has 2 atom stereocenters. The average molecular weight is 519 g/mol. The van der Waals surface area contributed by atoms with E-state index in [0.29, 0.717) is 24.2 Å². The van der Waals surface area contributed by atoms with E-state index < -0.39 is 17.9 Å². The maximum atomic E-state index is 13.0. The van der Waals surface area contributed by atoms with E-state index >= 15 is 0 Å². The van der Waals surface area contributed by atoms with Crippen molar-refractivity contribution in [2.45, 2.75) is 31.7 Å².